The summed E-state index contributed by atoms with van der Waals surface area (Å²) < 4.78 is 5.19. The molecule has 2 aliphatic rings. The van der Waals surface area contributed by atoms with Crippen LogP contribution < -0.4 is 15.4 Å². The molecule has 0 saturated heterocycles. The van der Waals surface area contributed by atoms with Crippen molar-refractivity contribution in [2.45, 2.75) is 39.0 Å². The van der Waals surface area contributed by atoms with Crippen LogP contribution in [-0.4, -0.2) is 32.7 Å². The second-order valence-electron chi connectivity index (χ2n) is 6.86. The minimum Gasteiger partial charge on any atom is -0.497 e. The molecule has 0 amide bonds. The number of ether oxygens (including phenoxy) is 1. The quantitative estimate of drug-likeness (QED) is 0.573. The van der Waals surface area contributed by atoms with Crippen molar-refractivity contribution in [3.05, 3.63) is 29.8 Å². The third kappa shape index (κ3) is 4.40. The zero-order chi connectivity index (χ0) is 16.1. The van der Waals surface area contributed by atoms with Gasteiger partial charge in [0.1, 0.15) is 5.75 Å². The van der Waals surface area contributed by atoms with Gasteiger partial charge in [-0.3, -0.25) is 4.99 Å². The molecule has 0 aromatic heterocycles. The van der Waals surface area contributed by atoms with Crippen molar-refractivity contribution in [3.8, 4) is 5.75 Å². The number of hydrogen-bond donors (Lipinski definition) is 2. The van der Waals surface area contributed by atoms with E-state index in [2.05, 4.69) is 29.7 Å². The number of rotatable bonds is 8. The number of nitrogens with one attached hydrogen (secondary N) is 2. The molecule has 0 spiro atoms. The average molecular weight is 315 g/mol. The minimum absolute atomic E-state index is 0.568. The highest BCUT2D eigenvalue weighted by Gasteiger charge is 2.53. The molecular weight excluding hydrogens is 286 g/mol. The van der Waals surface area contributed by atoms with E-state index in [4.69, 9.17) is 9.73 Å². The van der Waals surface area contributed by atoms with Crippen molar-refractivity contribution < 1.29 is 4.74 Å². The SMILES string of the molecule is CCNC(=NCC1(C2CC2)CC1)NCCc1ccc(OC)cc1. The number of aliphatic imine (C=N–C) groups is 1. The molecule has 4 nitrogen and oxygen atoms in total. The van der Waals surface area contributed by atoms with E-state index in [1.165, 1.54) is 31.2 Å². The molecule has 1 aromatic carbocycles. The zero-order valence-electron chi connectivity index (χ0n) is 14.4. The second kappa shape index (κ2) is 7.24. The molecule has 2 N–H and O–H groups in total. The first-order chi connectivity index (χ1) is 11.3. The number of guanidine groups is 1. The lowest BCUT2D eigenvalue weighted by Crippen LogP contribution is -2.38. The summed E-state index contributed by atoms with van der Waals surface area (Å²) in [7, 11) is 1.70. The topological polar surface area (TPSA) is 45.7 Å². The van der Waals surface area contributed by atoms with Crippen LogP contribution in [0.1, 0.15) is 38.2 Å². The van der Waals surface area contributed by atoms with E-state index in [1.807, 2.05) is 12.1 Å². The van der Waals surface area contributed by atoms with E-state index < -0.39 is 0 Å². The Labute approximate surface area is 139 Å². The molecule has 0 radical (unpaired) electrons. The molecule has 23 heavy (non-hydrogen) atoms. The van der Waals surface area contributed by atoms with Gasteiger partial charge in [0.25, 0.3) is 0 Å². The van der Waals surface area contributed by atoms with Crippen LogP contribution >= 0.6 is 0 Å². The first kappa shape index (κ1) is 16.2. The lowest BCUT2D eigenvalue weighted by molar-refractivity contribution is 0.414. The normalized spacial score (nSPS) is 19.3. The molecule has 0 bridgehead atoms. The van der Waals surface area contributed by atoms with Gasteiger partial charge in [0.05, 0.1) is 7.11 Å². The van der Waals surface area contributed by atoms with Crippen LogP contribution in [-0.2, 0) is 6.42 Å². The van der Waals surface area contributed by atoms with Crippen molar-refractivity contribution >= 4 is 5.96 Å². The standard InChI is InChI=1S/C19H29N3O/c1-3-20-18(22-14-19(11-12-19)16-6-7-16)21-13-10-15-4-8-17(23-2)9-5-15/h4-5,8-9,16H,3,6-7,10-14H2,1-2H3,(H2,20,21,22). The fraction of sp³-hybridized carbons (Fsp3) is 0.632. The maximum absolute atomic E-state index is 5.19. The Balaban J connectivity index is 1.46. The highest BCUT2D eigenvalue weighted by molar-refractivity contribution is 5.79. The Morgan fingerprint density at radius 2 is 1.96 bits per heavy atom. The largest absolute Gasteiger partial charge is 0.497 e. The first-order valence-electron chi connectivity index (χ1n) is 8.91. The maximum atomic E-state index is 5.19. The summed E-state index contributed by atoms with van der Waals surface area (Å²) in [6, 6.07) is 8.27. The zero-order valence-corrected chi connectivity index (χ0v) is 14.4. The average Bonchev–Trinajstić information content (AvgIpc) is 3.46. The highest BCUT2D eigenvalue weighted by Crippen LogP contribution is 2.61. The molecule has 0 atom stereocenters. The van der Waals surface area contributed by atoms with Gasteiger partial charge in [-0.1, -0.05) is 12.1 Å². The first-order valence-corrected chi connectivity index (χ1v) is 8.91. The van der Waals surface area contributed by atoms with Crippen LogP contribution in [0.15, 0.2) is 29.3 Å². The lowest BCUT2D eigenvalue weighted by atomic mass is 10.0. The molecule has 4 heteroatoms. The fourth-order valence-electron chi connectivity index (χ4n) is 3.25. The number of benzene rings is 1. The maximum Gasteiger partial charge on any atom is 0.191 e. The molecule has 1 aromatic rings. The molecule has 0 aliphatic heterocycles. The Morgan fingerprint density at radius 3 is 2.52 bits per heavy atom. The smallest absolute Gasteiger partial charge is 0.191 e. The molecule has 2 fully saturated rings. The van der Waals surface area contributed by atoms with Gasteiger partial charge in [0.15, 0.2) is 5.96 Å². The van der Waals surface area contributed by atoms with Gasteiger partial charge < -0.3 is 15.4 Å². The molecule has 0 unspecified atom stereocenters. The summed E-state index contributed by atoms with van der Waals surface area (Å²) in [6.07, 6.45) is 6.61. The van der Waals surface area contributed by atoms with E-state index in [0.717, 1.165) is 43.7 Å². The Kier molecular flexibility index (Phi) is 5.09. The van der Waals surface area contributed by atoms with Crippen molar-refractivity contribution in [1.82, 2.24) is 10.6 Å². The van der Waals surface area contributed by atoms with Gasteiger partial charge >= 0.3 is 0 Å². The van der Waals surface area contributed by atoms with E-state index in [0.29, 0.717) is 5.41 Å². The Bertz CT molecular complexity index is 530. The van der Waals surface area contributed by atoms with E-state index in [-0.39, 0.29) is 0 Å². The second-order valence-corrected chi connectivity index (χ2v) is 6.86. The lowest BCUT2D eigenvalue weighted by Gasteiger charge is -2.15. The third-order valence-electron chi connectivity index (χ3n) is 5.10. The van der Waals surface area contributed by atoms with Crippen LogP contribution in [0.4, 0.5) is 0 Å². The van der Waals surface area contributed by atoms with Crippen LogP contribution in [0.2, 0.25) is 0 Å². The van der Waals surface area contributed by atoms with Crippen LogP contribution in [0.5, 0.6) is 5.75 Å². The van der Waals surface area contributed by atoms with Gasteiger partial charge in [0, 0.05) is 19.6 Å². The predicted octanol–water partition coefficient (Wildman–Crippen LogP) is 2.98. The van der Waals surface area contributed by atoms with Gasteiger partial charge in [-0.05, 0) is 68.1 Å². The monoisotopic (exact) mass is 315 g/mol. The molecule has 2 aliphatic carbocycles. The third-order valence-corrected chi connectivity index (χ3v) is 5.10. The van der Waals surface area contributed by atoms with E-state index >= 15 is 0 Å². The summed E-state index contributed by atoms with van der Waals surface area (Å²) in [5.74, 6) is 2.84. The van der Waals surface area contributed by atoms with Gasteiger partial charge in [0.2, 0.25) is 0 Å². The summed E-state index contributed by atoms with van der Waals surface area (Å²) in [5.41, 5.74) is 1.88. The van der Waals surface area contributed by atoms with Crippen molar-refractivity contribution in [1.29, 1.82) is 0 Å². The molecule has 2 saturated carbocycles. The molecule has 0 heterocycles. The van der Waals surface area contributed by atoms with Crippen LogP contribution in [0.3, 0.4) is 0 Å². The summed E-state index contributed by atoms with van der Waals surface area (Å²) >= 11 is 0. The Hall–Kier alpha value is -1.71. The van der Waals surface area contributed by atoms with Gasteiger partial charge in [-0.25, -0.2) is 0 Å². The minimum atomic E-state index is 0.568. The van der Waals surface area contributed by atoms with Gasteiger partial charge in [-0.2, -0.15) is 0 Å². The van der Waals surface area contributed by atoms with Crippen molar-refractivity contribution in [2.75, 3.05) is 26.7 Å². The highest BCUT2D eigenvalue weighted by atomic mass is 16.5. The number of nitrogens with zero attached hydrogens (tertiary/aromatic N) is 1. The fourth-order valence-corrected chi connectivity index (χ4v) is 3.25. The van der Waals surface area contributed by atoms with Crippen LogP contribution in [0, 0.1) is 11.3 Å². The van der Waals surface area contributed by atoms with E-state index in [1.54, 1.807) is 7.11 Å². The number of hydrogen-bond acceptors (Lipinski definition) is 2. The summed E-state index contributed by atoms with van der Waals surface area (Å²) in [4.78, 5) is 4.84. The predicted molar refractivity (Wildman–Crippen MR) is 95.1 cm³/mol. The number of methoxy groups -OCH3 is 1. The molecule has 126 valence electrons. The Morgan fingerprint density at radius 1 is 1.22 bits per heavy atom. The van der Waals surface area contributed by atoms with Crippen LogP contribution in [0.25, 0.3) is 0 Å². The summed E-state index contributed by atoms with van der Waals surface area (Å²) in [5, 5.41) is 6.83. The van der Waals surface area contributed by atoms with Crippen molar-refractivity contribution in [2.24, 2.45) is 16.3 Å². The van der Waals surface area contributed by atoms with Gasteiger partial charge in [-0.15, -0.1) is 0 Å². The molecule has 3 rings (SSSR count). The van der Waals surface area contributed by atoms with Crippen molar-refractivity contribution in [3.63, 3.8) is 0 Å². The van der Waals surface area contributed by atoms with E-state index in [9.17, 15) is 0 Å². The molecular formula is C19H29N3O. The summed E-state index contributed by atoms with van der Waals surface area (Å²) in [6.45, 7) is 4.92.